The third-order valence-electron chi connectivity index (χ3n) is 4.19. The topological polar surface area (TPSA) is 38.8 Å². The number of carbonyl (C=O) groups excluding carboxylic acids is 1. The van der Waals surface area contributed by atoms with Crippen LogP contribution in [0.2, 0.25) is 0 Å². The maximum atomic E-state index is 12.0. The number of rotatable bonds is 1. The average Bonchev–Trinajstić information content (AvgIpc) is 2.71. The lowest BCUT2D eigenvalue weighted by Crippen LogP contribution is -2.47. The highest BCUT2D eigenvalue weighted by molar-refractivity contribution is 5.68. The highest BCUT2D eigenvalue weighted by Gasteiger charge is 2.43. The molecule has 2 rings (SSSR count). The first-order valence-electron chi connectivity index (χ1n) is 7.45. The molecule has 2 heterocycles. The van der Waals surface area contributed by atoms with Gasteiger partial charge in [0, 0.05) is 13.1 Å². The van der Waals surface area contributed by atoms with E-state index in [4.69, 9.17) is 9.47 Å². The Morgan fingerprint density at radius 1 is 1.37 bits per heavy atom. The minimum absolute atomic E-state index is 0.0409. The van der Waals surface area contributed by atoms with E-state index in [9.17, 15) is 4.79 Å². The number of hydrogen-bond acceptors (Lipinski definition) is 3. The molecule has 2 aliphatic rings. The SMILES string of the molecule is CCC1COC2(CCN(C(=O)OC(C)(C)C)CC2)C1. The van der Waals surface area contributed by atoms with Gasteiger partial charge in [-0.1, -0.05) is 13.3 Å². The Morgan fingerprint density at radius 3 is 2.47 bits per heavy atom. The van der Waals surface area contributed by atoms with Crippen LogP contribution in [0.1, 0.15) is 53.4 Å². The maximum Gasteiger partial charge on any atom is 0.410 e. The van der Waals surface area contributed by atoms with Gasteiger partial charge in [-0.2, -0.15) is 0 Å². The normalized spacial score (nSPS) is 26.7. The molecule has 0 N–H and O–H groups in total. The Kier molecular flexibility index (Phi) is 4.09. The maximum absolute atomic E-state index is 12.0. The molecule has 1 spiro atoms. The summed E-state index contributed by atoms with van der Waals surface area (Å²) >= 11 is 0. The molecule has 0 aromatic rings. The number of piperidine rings is 1. The van der Waals surface area contributed by atoms with Crippen LogP contribution in [0.5, 0.6) is 0 Å². The van der Waals surface area contributed by atoms with Crippen molar-refractivity contribution in [3.63, 3.8) is 0 Å². The van der Waals surface area contributed by atoms with Crippen LogP contribution in [0.25, 0.3) is 0 Å². The summed E-state index contributed by atoms with van der Waals surface area (Å²) in [5.41, 5.74) is -0.372. The minimum atomic E-state index is -0.413. The van der Waals surface area contributed by atoms with Crippen LogP contribution in [-0.4, -0.2) is 41.9 Å². The monoisotopic (exact) mass is 269 g/mol. The van der Waals surface area contributed by atoms with E-state index < -0.39 is 5.60 Å². The molecule has 1 atom stereocenters. The van der Waals surface area contributed by atoms with Gasteiger partial charge in [0.05, 0.1) is 12.2 Å². The predicted molar refractivity (Wildman–Crippen MR) is 74.1 cm³/mol. The molecule has 110 valence electrons. The van der Waals surface area contributed by atoms with E-state index in [0.29, 0.717) is 5.92 Å². The van der Waals surface area contributed by atoms with Gasteiger partial charge in [-0.15, -0.1) is 0 Å². The summed E-state index contributed by atoms with van der Waals surface area (Å²) in [4.78, 5) is 13.8. The number of amides is 1. The van der Waals surface area contributed by atoms with Crippen LogP contribution >= 0.6 is 0 Å². The summed E-state index contributed by atoms with van der Waals surface area (Å²) in [5, 5.41) is 0. The lowest BCUT2D eigenvalue weighted by atomic mass is 9.85. The molecular weight excluding hydrogens is 242 g/mol. The first-order valence-corrected chi connectivity index (χ1v) is 7.45. The quantitative estimate of drug-likeness (QED) is 0.733. The Hall–Kier alpha value is -0.770. The van der Waals surface area contributed by atoms with E-state index in [-0.39, 0.29) is 11.7 Å². The van der Waals surface area contributed by atoms with Crippen molar-refractivity contribution in [2.75, 3.05) is 19.7 Å². The second kappa shape index (κ2) is 5.31. The first-order chi connectivity index (χ1) is 8.84. The molecule has 2 aliphatic heterocycles. The van der Waals surface area contributed by atoms with E-state index in [1.807, 2.05) is 25.7 Å². The van der Waals surface area contributed by atoms with E-state index in [1.165, 1.54) is 6.42 Å². The fourth-order valence-electron chi connectivity index (χ4n) is 2.97. The molecule has 0 radical (unpaired) electrons. The summed E-state index contributed by atoms with van der Waals surface area (Å²) < 4.78 is 11.5. The van der Waals surface area contributed by atoms with Gasteiger partial charge in [0.25, 0.3) is 0 Å². The molecule has 4 nitrogen and oxygen atoms in total. The number of likely N-dealkylation sites (tertiary alicyclic amines) is 1. The molecule has 19 heavy (non-hydrogen) atoms. The second-order valence-corrected chi connectivity index (χ2v) is 6.94. The zero-order chi connectivity index (χ0) is 14.1. The number of carbonyl (C=O) groups is 1. The van der Waals surface area contributed by atoms with Crippen molar-refractivity contribution in [1.82, 2.24) is 4.90 Å². The summed E-state index contributed by atoms with van der Waals surface area (Å²) in [6.45, 7) is 10.3. The van der Waals surface area contributed by atoms with Crippen molar-refractivity contribution in [2.45, 2.75) is 64.6 Å². The third-order valence-corrected chi connectivity index (χ3v) is 4.19. The van der Waals surface area contributed by atoms with Crippen LogP contribution in [0.15, 0.2) is 0 Å². The van der Waals surface area contributed by atoms with E-state index >= 15 is 0 Å². The van der Waals surface area contributed by atoms with Crippen LogP contribution in [0.3, 0.4) is 0 Å². The van der Waals surface area contributed by atoms with Gasteiger partial charge in [0.15, 0.2) is 0 Å². The number of ether oxygens (including phenoxy) is 2. The van der Waals surface area contributed by atoms with Crippen LogP contribution in [-0.2, 0) is 9.47 Å². The molecule has 0 aliphatic carbocycles. The largest absolute Gasteiger partial charge is 0.444 e. The lowest BCUT2D eigenvalue weighted by Gasteiger charge is -2.39. The van der Waals surface area contributed by atoms with Crippen molar-refractivity contribution < 1.29 is 14.3 Å². The summed E-state index contributed by atoms with van der Waals surface area (Å²) in [7, 11) is 0. The van der Waals surface area contributed by atoms with Crippen LogP contribution < -0.4 is 0 Å². The van der Waals surface area contributed by atoms with E-state index in [2.05, 4.69) is 6.92 Å². The molecule has 2 fully saturated rings. The van der Waals surface area contributed by atoms with Crippen molar-refractivity contribution in [1.29, 1.82) is 0 Å². The van der Waals surface area contributed by atoms with Gasteiger partial charge < -0.3 is 14.4 Å². The Bertz CT molecular complexity index is 327. The first kappa shape index (κ1) is 14.6. The van der Waals surface area contributed by atoms with Crippen LogP contribution in [0.4, 0.5) is 4.79 Å². The van der Waals surface area contributed by atoms with E-state index in [0.717, 1.165) is 39.0 Å². The van der Waals surface area contributed by atoms with Gasteiger partial charge in [-0.25, -0.2) is 4.79 Å². The summed E-state index contributed by atoms with van der Waals surface area (Å²) in [6, 6.07) is 0. The van der Waals surface area contributed by atoms with Gasteiger partial charge in [0.1, 0.15) is 5.60 Å². The van der Waals surface area contributed by atoms with Crippen LogP contribution in [0, 0.1) is 5.92 Å². The fraction of sp³-hybridized carbons (Fsp3) is 0.933. The lowest BCUT2D eigenvalue weighted by molar-refractivity contribution is -0.0487. The molecule has 0 aromatic carbocycles. The van der Waals surface area contributed by atoms with Crippen molar-refractivity contribution in [3.05, 3.63) is 0 Å². The summed E-state index contributed by atoms with van der Waals surface area (Å²) in [5.74, 6) is 0.702. The Labute approximate surface area is 116 Å². The average molecular weight is 269 g/mol. The third kappa shape index (κ3) is 3.62. The molecule has 1 unspecified atom stereocenters. The van der Waals surface area contributed by atoms with Crippen molar-refractivity contribution >= 4 is 6.09 Å². The smallest absolute Gasteiger partial charge is 0.410 e. The van der Waals surface area contributed by atoms with Gasteiger partial charge in [-0.05, 0) is 46.0 Å². The standard InChI is InChI=1S/C15H27NO3/c1-5-12-10-15(18-11-12)6-8-16(9-7-15)13(17)19-14(2,3)4/h12H,5-11H2,1-4H3. The van der Waals surface area contributed by atoms with Crippen molar-refractivity contribution in [2.24, 2.45) is 5.92 Å². The molecule has 0 saturated carbocycles. The fourth-order valence-corrected chi connectivity index (χ4v) is 2.97. The summed E-state index contributed by atoms with van der Waals surface area (Å²) in [6.07, 6.45) is 4.06. The van der Waals surface area contributed by atoms with Crippen molar-refractivity contribution in [3.8, 4) is 0 Å². The number of hydrogen-bond donors (Lipinski definition) is 0. The van der Waals surface area contributed by atoms with E-state index in [1.54, 1.807) is 0 Å². The Morgan fingerprint density at radius 2 is 2.00 bits per heavy atom. The molecule has 1 amide bonds. The van der Waals surface area contributed by atoms with Gasteiger partial charge in [0.2, 0.25) is 0 Å². The van der Waals surface area contributed by atoms with Gasteiger partial charge >= 0.3 is 6.09 Å². The zero-order valence-corrected chi connectivity index (χ0v) is 12.7. The minimum Gasteiger partial charge on any atom is -0.444 e. The molecule has 2 saturated heterocycles. The highest BCUT2D eigenvalue weighted by atomic mass is 16.6. The highest BCUT2D eigenvalue weighted by Crippen LogP contribution is 2.39. The Balaban J connectivity index is 1.84. The van der Waals surface area contributed by atoms with Gasteiger partial charge in [-0.3, -0.25) is 0 Å². The number of nitrogens with zero attached hydrogens (tertiary/aromatic N) is 1. The predicted octanol–water partition coefficient (Wildman–Crippen LogP) is 3.20. The molecular formula is C15H27NO3. The second-order valence-electron chi connectivity index (χ2n) is 6.94. The molecule has 0 bridgehead atoms. The molecule has 0 aromatic heterocycles. The zero-order valence-electron chi connectivity index (χ0n) is 12.7. The molecule has 4 heteroatoms.